The minimum Gasteiger partial charge on any atom is -0.460 e. The van der Waals surface area contributed by atoms with Crippen molar-refractivity contribution >= 4 is 5.78 Å². The van der Waals surface area contributed by atoms with Crippen molar-refractivity contribution in [1.29, 1.82) is 5.26 Å². The summed E-state index contributed by atoms with van der Waals surface area (Å²) in [5.41, 5.74) is 3.02. The van der Waals surface area contributed by atoms with Gasteiger partial charge in [0.2, 0.25) is 0 Å². The summed E-state index contributed by atoms with van der Waals surface area (Å²) in [4.78, 5) is 12.6. The number of carbonyl (C=O) groups excluding carboxylic acids is 1. The number of halogens is 3. The molecule has 1 aromatic heterocycles. The number of furan rings is 1. The lowest BCUT2D eigenvalue weighted by Crippen LogP contribution is -2.31. The summed E-state index contributed by atoms with van der Waals surface area (Å²) in [6, 6.07) is 10.9. The van der Waals surface area contributed by atoms with Gasteiger partial charge in [-0.3, -0.25) is 4.79 Å². The zero-order chi connectivity index (χ0) is 21.5. The molecule has 1 atom stereocenters. The Hall–Kier alpha value is -3.47. The molecule has 5 nitrogen and oxygen atoms in total. The second kappa shape index (κ2) is 7.41. The van der Waals surface area contributed by atoms with Gasteiger partial charge in [-0.2, -0.15) is 5.26 Å². The Labute approximate surface area is 170 Å². The molecule has 0 fully saturated rings. The van der Waals surface area contributed by atoms with E-state index in [1.54, 1.807) is 19.1 Å². The first-order valence-electron chi connectivity index (χ1n) is 9.37. The third-order valence-corrected chi connectivity index (χ3v) is 5.18. The number of rotatable bonds is 3. The van der Waals surface area contributed by atoms with Gasteiger partial charge in [-0.25, -0.2) is 0 Å². The predicted octanol–water partition coefficient (Wildman–Crippen LogP) is 5.34. The van der Waals surface area contributed by atoms with Crippen LogP contribution in [0.2, 0.25) is 0 Å². The monoisotopic (exact) mass is 414 g/mol. The number of nitrogens with zero attached hydrogens (tertiary/aromatic N) is 1. The van der Waals surface area contributed by atoms with E-state index in [1.807, 2.05) is 0 Å². The molecule has 30 heavy (non-hydrogen) atoms. The zero-order valence-electron chi connectivity index (χ0n) is 16.0. The molecule has 0 radical (unpaired) electrons. The highest BCUT2D eigenvalue weighted by atomic mass is 19.4. The van der Waals surface area contributed by atoms with Gasteiger partial charge in [0.25, 0.3) is 0 Å². The number of nitrogens with one attached hydrogen (secondary N) is 1. The predicted molar refractivity (Wildman–Crippen MR) is 101 cm³/mol. The molecule has 1 N–H and O–H groups in total. The Morgan fingerprint density at radius 1 is 1.17 bits per heavy atom. The van der Waals surface area contributed by atoms with Gasteiger partial charge in [-0.05, 0) is 56.2 Å². The third kappa shape index (κ3) is 3.71. The Balaban J connectivity index is 1.68. The molecule has 0 saturated heterocycles. The minimum atomic E-state index is -4.76. The molecule has 0 unspecified atom stereocenters. The van der Waals surface area contributed by atoms with E-state index in [2.05, 4.69) is 16.1 Å². The number of allylic oxidation sites excluding steroid dienone is 4. The summed E-state index contributed by atoms with van der Waals surface area (Å²) in [7, 11) is 0. The maximum absolute atomic E-state index is 12.6. The quantitative estimate of drug-likeness (QED) is 0.734. The van der Waals surface area contributed by atoms with E-state index in [1.165, 1.54) is 24.3 Å². The smallest absolute Gasteiger partial charge is 0.460 e. The number of Topliss-reactive ketones (excluding diaryl/α,β-unsaturated/α-hetero) is 1. The molecule has 2 heterocycles. The van der Waals surface area contributed by atoms with Gasteiger partial charge in [-0.1, -0.05) is 0 Å². The van der Waals surface area contributed by atoms with Crippen LogP contribution in [0.4, 0.5) is 13.2 Å². The summed E-state index contributed by atoms with van der Waals surface area (Å²) in [5, 5.41) is 12.9. The van der Waals surface area contributed by atoms with Crippen LogP contribution in [0, 0.1) is 11.3 Å². The second-order valence-corrected chi connectivity index (χ2v) is 7.15. The molecular weight excluding hydrogens is 397 g/mol. The molecule has 1 aliphatic heterocycles. The Kier molecular flexibility index (Phi) is 4.90. The summed E-state index contributed by atoms with van der Waals surface area (Å²) >= 11 is 0. The van der Waals surface area contributed by atoms with Crippen LogP contribution in [0.1, 0.15) is 37.9 Å². The van der Waals surface area contributed by atoms with E-state index in [9.17, 15) is 23.2 Å². The molecule has 0 amide bonds. The van der Waals surface area contributed by atoms with Crippen molar-refractivity contribution in [1.82, 2.24) is 5.32 Å². The normalized spacial score (nSPS) is 19.3. The molecule has 8 heteroatoms. The lowest BCUT2D eigenvalue weighted by atomic mass is 9.78. The molecular formula is C22H17F3N2O3. The van der Waals surface area contributed by atoms with Gasteiger partial charge in [0, 0.05) is 29.0 Å². The standard InChI is InChI=1S/C22H17F3N2O3/c1-12-15(11-26)20(21-16(27-12)3-2-4-17(21)28)19-10-9-18(29-19)13-5-7-14(8-6-13)30-22(23,24)25/h5-10,20,27H,2-4H2,1H3/t20-/m0/s1. The van der Waals surface area contributed by atoms with E-state index < -0.39 is 12.3 Å². The molecule has 0 spiro atoms. The van der Waals surface area contributed by atoms with Crippen molar-refractivity contribution in [2.75, 3.05) is 0 Å². The first kappa shape index (κ1) is 19.8. The maximum Gasteiger partial charge on any atom is 0.573 e. The van der Waals surface area contributed by atoms with Crippen LogP contribution in [0.3, 0.4) is 0 Å². The van der Waals surface area contributed by atoms with Crippen LogP contribution < -0.4 is 10.1 Å². The van der Waals surface area contributed by atoms with Crippen molar-refractivity contribution in [3.8, 4) is 23.1 Å². The van der Waals surface area contributed by atoms with Gasteiger partial charge in [-0.15, -0.1) is 13.2 Å². The van der Waals surface area contributed by atoms with Crippen molar-refractivity contribution < 1.29 is 27.1 Å². The van der Waals surface area contributed by atoms with Crippen LogP contribution in [-0.4, -0.2) is 12.1 Å². The molecule has 2 aliphatic rings. The Bertz CT molecular complexity index is 1100. The molecule has 0 saturated carbocycles. The summed E-state index contributed by atoms with van der Waals surface area (Å²) < 4.78 is 46.9. The van der Waals surface area contributed by atoms with Crippen LogP contribution in [0.5, 0.6) is 5.75 Å². The molecule has 2 aromatic rings. The third-order valence-electron chi connectivity index (χ3n) is 5.18. The van der Waals surface area contributed by atoms with E-state index in [4.69, 9.17) is 4.42 Å². The first-order valence-corrected chi connectivity index (χ1v) is 9.37. The topological polar surface area (TPSA) is 75.3 Å². The first-order chi connectivity index (χ1) is 14.3. The van der Waals surface area contributed by atoms with Crippen LogP contribution in [0.15, 0.2) is 63.4 Å². The van der Waals surface area contributed by atoms with Gasteiger partial charge >= 0.3 is 6.36 Å². The number of alkyl halides is 3. The maximum atomic E-state index is 12.6. The number of nitriles is 1. The number of dihydropyridines is 1. The highest BCUT2D eigenvalue weighted by molar-refractivity contribution is 5.99. The Morgan fingerprint density at radius 3 is 2.57 bits per heavy atom. The van der Waals surface area contributed by atoms with Gasteiger partial charge < -0.3 is 14.5 Å². The summed E-state index contributed by atoms with van der Waals surface area (Å²) in [6.07, 6.45) is -2.86. The largest absolute Gasteiger partial charge is 0.573 e. The minimum absolute atomic E-state index is 0.0133. The highest BCUT2D eigenvalue weighted by Gasteiger charge is 2.37. The van der Waals surface area contributed by atoms with Crippen LogP contribution in [-0.2, 0) is 4.79 Å². The SMILES string of the molecule is CC1=C(C#N)[C@@H](c2ccc(-c3ccc(OC(F)(F)F)cc3)o2)C2=C(CCCC2=O)N1. The highest BCUT2D eigenvalue weighted by Crippen LogP contribution is 2.43. The number of ketones is 1. The van der Waals surface area contributed by atoms with Crippen molar-refractivity contribution in [3.05, 3.63) is 64.7 Å². The number of hydrogen-bond acceptors (Lipinski definition) is 5. The van der Waals surface area contributed by atoms with Gasteiger partial charge in [0.15, 0.2) is 5.78 Å². The second-order valence-electron chi connectivity index (χ2n) is 7.15. The van der Waals surface area contributed by atoms with E-state index in [-0.39, 0.29) is 11.5 Å². The van der Waals surface area contributed by atoms with Crippen molar-refractivity contribution in [3.63, 3.8) is 0 Å². The summed E-state index contributed by atoms with van der Waals surface area (Å²) in [6.45, 7) is 1.79. The molecule has 1 aliphatic carbocycles. The van der Waals surface area contributed by atoms with Crippen molar-refractivity contribution in [2.45, 2.75) is 38.5 Å². The molecule has 1 aromatic carbocycles. The number of carbonyl (C=O) groups is 1. The van der Waals surface area contributed by atoms with Crippen LogP contribution >= 0.6 is 0 Å². The zero-order valence-corrected chi connectivity index (χ0v) is 16.0. The van der Waals surface area contributed by atoms with E-state index in [0.29, 0.717) is 40.3 Å². The molecule has 0 bridgehead atoms. The fourth-order valence-corrected chi connectivity index (χ4v) is 3.90. The van der Waals surface area contributed by atoms with Gasteiger partial charge in [0.05, 0.1) is 17.6 Å². The molecule has 4 rings (SSSR count). The average Bonchev–Trinajstić information content (AvgIpc) is 3.16. The lowest BCUT2D eigenvalue weighted by Gasteiger charge is -2.31. The van der Waals surface area contributed by atoms with E-state index >= 15 is 0 Å². The van der Waals surface area contributed by atoms with Crippen molar-refractivity contribution in [2.24, 2.45) is 0 Å². The number of ether oxygens (including phenoxy) is 1. The fraction of sp³-hybridized carbons (Fsp3) is 0.273. The molecule has 154 valence electrons. The summed E-state index contributed by atoms with van der Waals surface area (Å²) in [5.74, 6) is -0.0752. The Morgan fingerprint density at radius 2 is 1.90 bits per heavy atom. The van der Waals surface area contributed by atoms with Gasteiger partial charge in [0.1, 0.15) is 17.3 Å². The van der Waals surface area contributed by atoms with E-state index in [0.717, 1.165) is 18.5 Å². The fourth-order valence-electron chi connectivity index (χ4n) is 3.90. The lowest BCUT2D eigenvalue weighted by molar-refractivity contribution is -0.274. The number of hydrogen-bond donors (Lipinski definition) is 1. The van der Waals surface area contributed by atoms with Crippen LogP contribution in [0.25, 0.3) is 11.3 Å². The number of benzene rings is 1. The average molecular weight is 414 g/mol.